The Morgan fingerprint density at radius 1 is 1.35 bits per heavy atom. The molecular formula is C14H19NO2. The second-order valence-corrected chi connectivity index (χ2v) is 3.93. The van der Waals surface area contributed by atoms with E-state index in [2.05, 4.69) is 11.9 Å². The number of nitrogens with one attached hydrogen (secondary N) is 1. The van der Waals surface area contributed by atoms with Crippen LogP contribution in [0.25, 0.3) is 0 Å². The molecule has 0 aliphatic heterocycles. The molecule has 3 heteroatoms. The molecule has 0 fully saturated rings. The van der Waals surface area contributed by atoms with E-state index < -0.39 is 0 Å². The number of carbonyl (C=O) groups is 1. The lowest BCUT2D eigenvalue weighted by Crippen LogP contribution is -2.07. The van der Waals surface area contributed by atoms with Gasteiger partial charge in [-0.25, -0.2) is 0 Å². The predicted molar refractivity (Wildman–Crippen MR) is 69.9 cm³/mol. The lowest BCUT2D eigenvalue weighted by molar-refractivity contribution is -0.111. The smallest absolute Gasteiger partial charge is 0.247 e. The van der Waals surface area contributed by atoms with Crippen molar-refractivity contribution in [1.29, 1.82) is 0 Å². The van der Waals surface area contributed by atoms with Crippen LogP contribution in [-0.4, -0.2) is 17.6 Å². The van der Waals surface area contributed by atoms with Crippen molar-refractivity contribution in [2.45, 2.75) is 25.7 Å². The van der Waals surface area contributed by atoms with Crippen molar-refractivity contribution in [2.75, 3.05) is 11.9 Å². The summed E-state index contributed by atoms with van der Waals surface area (Å²) < 4.78 is 0. The summed E-state index contributed by atoms with van der Waals surface area (Å²) in [5, 5.41) is 11.4. The predicted octanol–water partition coefficient (Wildman–Crippen LogP) is 2.52. The zero-order valence-electron chi connectivity index (χ0n) is 9.98. The average Bonchev–Trinajstić information content (AvgIpc) is 2.35. The molecule has 0 heterocycles. The van der Waals surface area contributed by atoms with E-state index in [4.69, 9.17) is 5.11 Å². The molecule has 0 aromatic heterocycles. The maximum absolute atomic E-state index is 11.1. The van der Waals surface area contributed by atoms with Gasteiger partial charge in [-0.3, -0.25) is 4.79 Å². The van der Waals surface area contributed by atoms with Crippen LogP contribution in [0.1, 0.15) is 24.8 Å². The first-order valence-electron chi connectivity index (χ1n) is 5.89. The Hall–Kier alpha value is -1.61. The molecule has 1 aromatic rings. The summed E-state index contributed by atoms with van der Waals surface area (Å²) in [6.45, 7) is 3.67. The van der Waals surface area contributed by atoms with Gasteiger partial charge in [0.15, 0.2) is 0 Å². The highest BCUT2D eigenvalue weighted by Gasteiger charge is 1.99. The summed E-state index contributed by atoms with van der Waals surface area (Å²) in [5.74, 6) is -0.192. The van der Waals surface area contributed by atoms with Gasteiger partial charge in [-0.05, 0) is 43.0 Å². The van der Waals surface area contributed by atoms with Crippen LogP contribution in [0.5, 0.6) is 0 Å². The number of aliphatic hydroxyl groups is 1. The topological polar surface area (TPSA) is 49.3 Å². The molecule has 0 unspecified atom stereocenters. The standard InChI is InChI=1S/C14H19NO2/c1-2-14(17)15-13-9-6-8-12(11-13)7-4-3-5-10-16/h2,6,8-9,11,16H,1,3-5,7,10H2,(H,15,17). The summed E-state index contributed by atoms with van der Waals surface area (Å²) in [5.41, 5.74) is 2.00. The molecule has 2 N–H and O–H groups in total. The molecule has 0 saturated heterocycles. The first-order valence-corrected chi connectivity index (χ1v) is 5.89. The van der Waals surface area contributed by atoms with Gasteiger partial charge in [0.25, 0.3) is 0 Å². The number of aryl methyl sites for hydroxylation is 1. The van der Waals surface area contributed by atoms with Crippen LogP contribution >= 0.6 is 0 Å². The third-order valence-electron chi connectivity index (χ3n) is 2.50. The van der Waals surface area contributed by atoms with Crippen molar-refractivity contribution in [3.05, 3.63) is 42.5 Å². The molecule has 0 spiro atoms. The van der Waals surface area contributed by atoms with Crippen LogP contribution in [0.4, 0.5) is 5.69 Å². The Bertz CT molecular complexity index is 374. The lowest BCUT2D eigenvalue weighted by atomic mass is 10.1. The van der Waals surface area contributed by atoms with Gasteiger partial charge in [-0.2, -0.15) is 0 Å². The number of carbonyl (C=O) groups excluding carboxylic acids is 1. The van der Waals surface area contributed by atoms with Crippen molar-refractivity contribution >= 4 is 11.6 Å². The number of benzene rings is 1. The molecule has 0 aliphatic rings. The summed E-state index contributed by atoms with van der Waals surface area (Å²) in [4.78, 5) is 11.1. The highest BCUT2D eigenvalue weighted by atomic mass is 16.2. The van der Waals surface area contributed by atoms with Crippen molar-refractivity contribution in [1.82, 2.24) is 0 Å². The van der Waals surface area contributed by atoms with Gasteiger partial charge in [-0.1, -0.05) is 25.1 Å². The highest BCUT2D eigenvalue weighted by Crippen LogP contribution is 2.13. The maximum Gasteiger partial charge on any atom is 0.247 e. The van der Waals surface area contributed by atoms with Gasteiger partial charge in [-0.15, -0.1) is 0 Å². The van der Waals surface area contributed by atoms with E-state index in [0.717, 1.165) is 31.4 Å². The molecule has 0 radical (unpaired) electrons. The SMILES string of the molecule is C=CC(=O)Nc1cccc(CCCCCO)c1. The fourth-order valence-corrected chi connectivity index (χ4v) is 1.62. The van der Waals surface area contributed by atoms with Gasteiger partial charge in [0.2, 0.25) is 5.91 Å². The molecule has 0 aliphatic carbocycles. The Kier molecular flexibility index (Phi) is 6.04. The largest absolute Gasteiger partial charge is 0.396 e. The van der Waals surface area contributed by atoms with E-state index in [0.29, 0.717) is 0 Å². The minimum absolute atomic E-state index is 0.192. The zero-order chi connectivity index (χ0) is 12.5. The van der Waals surface area contributed by atoms with Crippen molar-refractivity contribution in [3.8, 4) is 0 Å². The van der Waals surface area contributed by atoms with E-state index >= 15 is 0 Å². The average molecular weight is 233 g/mol. The Labute approximate surface area is 102 Å². The van der Waals surface area contributed by atoms with E-state index in [9.17, 15) is 4.79 Å². The normalized spacial score (nSPS) is 9.94. The minimum atomic E-state index is -0.192. The lowest BCUT2D eigenvalue weighted by Gasteiger charge is -2.05. The number of anilines is 1. The Morgan fingerprint density at radius 2 is 2.18 bits per heavy atom. The van der Waals surface area contributed by atoms with Crippen molar-refractivity contribution < 1.29 is 9.90 Å². The quantitative estimate of drug-likeness (QED) is 0.561. The number of rotatable bonds is 7. The monoisotopic (exact) mass is 233 g/mol. The van der Waals surface area contributed by atoms with E-state index in [1.54, 1.807) is 0 Å². The first-order chi connectivity index (χ1) is 8.26. The van der Waals surface area contributed by atoms with Crippen LogP contribution in [0, 0.1) is 0 Å². The Morgan fingerprint density at radius 3 is 2.88 bits per heavy atom. The van der Waals surface area contributed by atoms with Gasteiger partial charge in [0.1, 0.15) is 0 Å². The number of unbranched alkanes of at least 4 members (excludes halogenated alkanes) is 2. The fraction of sp³-hybridized carbons (Fsp3) is 0.357. The summed E-state index contributed by atoms with van der Waals surface area (Å²) >= 11 is 0. The number of hydrogen-bond donors (Lipinski definition) is 2. The third kappa shape index (κ3) is 5.31. The second-order valence-electron chi connectivity index (χ2n) is 3.93. The third-order valence-corrected chi connectivity index (χ3v) is 2.50. The number of aliphatic hydroxyl groups excluding tert-OH is 1. The molecule has 0 saturated carbocycles. The van der Waals surface area contributed by atoms with Gasteiger partial charge in [0, 0.05) is 12.3 Å². The number of hydrogen-bond acceptors (Lipinski definition) is 2. The van der Waals surface area contributed by atoms with Crippen LogP contribution in [0.2, 0.25) is 0 Å². The van der Waals surface area contributed by atoms with Crippen LogP contribution in [-0.2, 0) is 11.2 Å². The van der Waals surface area contributed by atoms with E-state index in [-0.39, 0.29) is 12.5 Å². The molecule has 17 heavy (non-hydrogen) atoms. The van der Waals surface area contributed by atoms with Crippen molar-refractivity contribution in [3.63, 3.8) is 0 Å². The summed E-state index contributed by atoms with van der Waals surface area (Å²) in [7, 11) is 0. The second kappa shape index (κ2) is 7.63. The maximum atomic E-state index is 11.1. The van der Waals surface area contributed by atoms with E-state index in [1.807, 2.05) is 24.3 Å². The fourth-order valence-electron chi connectivity index (χ4n) is 1.62. The summed E-state index contributed by atoms with van der Waals surface area (Å²) in [6, 6.07) is 7.81. The van der Waals surface area contributed by atoms with Crippen LogP contribution < -0.4 is 5.32 Å². The highest BCUT2D eigenvalue weighted by molar-refractivity contribution is 5.98. The zero-order valence-corrected chi connectivity index (χ0v) is 9.98. The van der Waals surface area contributed by atoms with E-state index in [1.165, 1.54) is 11.6 Å². The molecular weight excluding hydrogens is 214 g/mol. The first kappa shape index (κ1) is 13.5. The molecule has 1 aromatic carbocycles. The van der Waals surface area contributed by atoms with Crippen molar-refractivity contribution in [2.24, 2.45) is 0 Å². The van der Waals surface area contributed by atoms with Crippen LogP contribution in [0.15, 0.2) is 36.9 Å². The van der Waals surface area contributed by atoms with Gasteiger partial charge < -0.3 is 10.4 Å². The van der Waals surface area contributed by atoms with Gasteiger partial charge >= 0.3 is 0 Å². The minimum Gasteiger partial charge on any atom is -0.396 e. The molecule has 1 rings (SSSR count). The summed E-state index contributed by atoms with van der Waals surface area (Å²) in [6.07, 6.45) is 5.16. The molecule has 0 bridgehead atoms. The Balaban J connectivity index is 2.47. The van der Waals surface area contributed by atoms with Crippen LogP contribution in [0.3, 0.4) is 0 Å². The molecule has 1 amide bonds. The molecule has 0 atom stereocenters. The molecule has 3 nitrogen and oxygen atoms in total. The number of amides is 1. The molecule has 92 valence electrons. The van der Waals surface area contributed by atoms with Gasteiger partial charge in [0.05, 0.1) is 0 Å².